The summed E-state index contributed by atoms with van der Waals surface area (Å²) < 4.78 is 20.1. The smallest absolute Gasteiger partial charge is 0.215 e. The van der Waals surface area contributed by atoms with Crippen molar-refractivity contribution >= 4 is 21.9 Å². The summed E-state index contributed by atoms with van der Waals surface area (Å²) in [5, 5.41) is 0.442. The molecule has 5 heteroatoms. The van der Waals surface area contributed by atoms with Crippen LogP contribution in [0.2, 0.25) is 0 Å². The van der Waals surface area contributed by atoms with E-state index in [2.05, 4.69) is 4.98 Å². The second-order valence-corrected chi connectivity index (χ2v) is 4.27. The first kappa shape index (κ1) is 11.6. The highest BCUT2D eigenvalue weighted by Crippen LogP contribution is 2.19. The van der Waals surface area contributed by atoms with Gasteiger partial charge in [-0.3, -0.25) is 4.79 Å². The van der Waals surface area contributed by atoms with Gasteiger partial charge in [0.1, 0.15) is 11.3 Å². The zero-order valence-corrected chi connectivity index (χ0v) is 10.5. The molecule has 0 saturated carbocycles. The van der Waals surface area contributed by atoms with Gasteiger partial charge in [-0.25, -0.2) is 9.37 Å². The number of ether oxygens (including phenoxy) is 1. The van der Waals surface area contributed by atoms with Crippen molar-refractivity contribution in [2.24, 2.45) is 7.05 Å². The molecule has 2 heterocycles. The van der Waals surface area contributed by atoms with Gasteiger partial charge in [-0.2, -0.15) is 0 Å². The third-order valence-corrected chi connectivity index (χ3v) is 3.20. The minimum atomic E-state index is -0.372. The van der Waals surface area contributed by atoms with Crippen molar-refractivity contribution < 1.29 is 9.13 Å². The SMILES string of the molecule is COc1ccc2c(n1)c(=O)c1ccc(F)cc1n2C. The number of fused-ring (bicyclic) bond motifs is 2. The minimum absolute atomic E-state index is 0.220. The maximum Gasteiger partial charge on any atom is 0.215 e. The highest BCUT2D eigenvalue weighted by molar-refractivity contribution is 5.91. The van der Waals surface area contributed by atoms with Gasteiger partial charge in [-0.05, 0) is 24.3 Å². The molecule has 0 amide bonds. The number of halogens is 1. The maximum absolute atomic E-state index is 13.3. The number of rotatable bonds is 1. The molecule has 3 rings (SSSR count). The molecule has 0 aliphatic carbocycles. The first-order valence-electron chi connectivity index (χ1n) is 5.75. The van der Waals surface area contributed by atoms with Crippen molar-refractivity contribution in [1.82, 2.24) is 9.55 Å². The lowest BCUT2D eigenvalue weighted by Crippen LogP contribution is -2.11. The Kier molecular flexibility index (Phi) is 2.48. The molecule has 0 N–H and O–H groups in total. The number of hydrogen-bond donors (Lipinski definition) is 0. The van der Waals surface area contributed by atoms with E-state index in [0.717, 1.165) is 0 Å². The third-order valence-electron chi connectivity index (χ3n) is 3.20. The molecule has 0 unspecified atom stereocenters. The van der Waals surface area contributed by atoms with Crippen LogP contribution in [0.3, 0.4) is 0 Å². The number of pyridine rings is 2. The number of aryl methyl sites for hydroxylation is 1. The van der Waals surface area contributed by atoms with Crippen molar-refractivity contribution in [3.05, 3.63) is 46.4 Å². The Morgan fingerprint density at radius 3 is 2.74 bits per heavy atom. The molecule has 0 radical (unpaired) electrons. The van der Waals surface area contributed by atoms with Gasteiger partial charge in [0.25, 0.3) is 0 Å². The van der Waals surface area contributed by atoms with Gasteiger partial charge in [0, 0.05) is 18.5 Å². The summed E-state index contributed by atoms with van der Waals surface area (Å²) in [5.74, 6) is 0.00869. The molecular formula is C14H11FN2O2. The lowest BCUT2D eigenvalue weighted by atomic mass is 10.1. The van der Waals surface area contributed by atoms with E-state index >= 15 is 0 Å². The predicted molar refractivity (Wildman–Crippen MR) is 71.0 cm³/mol. The molecule has 3 aromatic rings. The van der Waals surface area contributed by atoms with Gasteiger partial charge >= 0.3 is 0 Å². The van der Waals surface area contributed by atoms with Crippen LogP contribution in [-0.4, -0.2) is 16.7 Å². The van der Waals surface area contributed by atoms with Crippen molar-refractivity contribution in [1.29, 1.82) is 0 Å². The normalized spacial score (nSPS) is 11.1. The monoisotopic (exact) mass is 258 g/mol. The summed E-state index contributed by atoms with van der Waals surface area (Å²) in [4.78, 5) is 16.5. The fourth-order valence-electron chi connectivity index (χ4n) is 2.22. The summed E-state index contributed by atoms with van der Waals surface area (Å²) in [6.45, 7) is 0. The van der Waals surface area contributed by atoms with E-state index < -0.39 is 0 Å². The van der Waals surface area contributed by atoms with E-state index in [1.54, 1.807) is 23.7 Å². The summed E-state index contributed by atoms with van der Waals surface area (Å²) >= 11 is 0. The molecule has 1 aromatic carbocycles. The van der Waals surface area contributed by atoms with Gasteiger partial charge in [0.15, 0.2) is 0 Å². The average molecular weight is 258 g/mol. The first-order valence-corrected chi connectivity index (χ1v) is 5.75. The molecule has 96 valence electrons. The van der Waals surface area contributed by atoms with Crippen molar-refractivity contribution in [3.8, 4) is 5.88 Å². The molecule has 0 saturated heterocycles. The Morgan fingerprint density at radius 1 is 1.21 bits per heavy atom. The van der Waals surface area contributed by atoms with Gasteiger partial charge in [0.2, 0.25) is 11.3 Å². The van der Waals surface area contributed by atoms with Gasteiger partial charge < -0.3 is 9.30 Å². The molecule has 0 atom stereocenters. The van der Waals surface area contributed by atoms with Crippen molar-refractivity contribution in [2.75, 3.05) is 7.11 Å². The van der Waals surface area contributed by atoms with E-state index in [4.69, 9.17) is 4.74 Å². The summed E-state index contributed by atoms with van der Waals surface area (Å²) in [6, 6.07) is 7.52. The average Bonchev–Trinajstić information content (AvgIpc) is 2.44. The van der Waals surface area contributed by atoms with Crippen LogP contribution in [0.4, 0.5) is 4.39 Å². The third kappa shape index (κ3) is 1.66. The van der Waals surface area contributed by atoms with Gasteiger partial charge in [-0.1, -0.05) is 0 Å². The molecule has 0 fully saturated rings. The van der Waals surface area contributed by atoms with Crippen molar-refractivity contribution in [3.63, 3.8) is 0 Å². The second-order valence-electron chi connectivity index (χ2n) is 4.27. The molecule has 4 nitrogen and oxygen atoms in total. The van der Waals surface area contributed by atoms with Crippen LogP contribution >= 0.6 is 0 Å². The summed E-state index contributed by atoms with van der Waals surface area (Å²) in [5.41, 5.74) is 1.29. The standard InChI is InChI=1S/C14H11FN2O2/c1-17-10-5-6-12(19-2)16-13(10)14(18)9-4-3-8(15)7-11(9)17/h3-7H,1-2H3. The van der Waals surface area contributed by atoms with E-state index in [1.807, 2.05) is 0 Å². The Morgan fingerprint density at radius 2 is 2.00 bits per heavy atom. The number of aromatic nitrogens is 2. The van der Waals surface area contributed by atoms with Crippen LogP contribution in [0.25, 0.3) is 21.9 Å². The van der Waals surface area contributed by atoms with E-state index in [9.17, 15) is 9.18 Å². The van der Waals surface area contributed by atoms with Crippen LogP contribution in [-0.2, 0) is 7.05 Å². The van der Waals surface area contributed by atoms with Crippen LogP contribution in [0, 0.1) is 5.82 Å². The number of methoxy groups -OCH3 is 1. The lowest BCUT2D eigenvalue weighted by Gasteiger charge is -2.10. The molecule has 2 aromatic heterocycles. The number of benzene rings is 1. The van der Waals surface area contributed by atoms with E-state index in [1.165, 1.54) is 25.3 Å². The van der Waals surface area contributed by atoms with Crippen molar-refractivity contribution in [2.45, 2.75) is 0 Å². The quantitative estimate of drug-likeness (QED) is 0.629. The predicted octanol–water partition coefficient (Wildman–Crippen LogP) is 2.23. The zero-order chi connectivity index (χ0) is 13.6. The summed E-state index contributed by atoms with van der Waals surface area (Å²) in [6.07, 6.45) is 0. The Labute approximate surface area is 108 Å². The number of nitrogens with zero attached hydrogens (tertiary/aromatic N) is 2. The highest BCUT2D eigenvalue weighted by atomic mass is 19.1. The Bertz CT molecular complexity index is 855. The largest absolute Gasteiger partial charge is 0.481 e. The fraction of sp³-hybridized carbons (Fsp3) is 0.143. The lowest BCUT2D eigenvalue weighted by molar-refractivity contribution is 0.399. The first-order chi connectivity index (χ1) is 9.11. The molecule has 0 aliphatic heterocycles. The fourth-order valence-corrected chi connectivity index (χ4v) is 2.22. The van der Waals surface area contributed by atoms with Gasteiger partial charge in [0.05, 0.1) is 18.1 Å². The van der Waals surface area contributed by atoms with E-state index in [-0.39, 0.29) is 11.2 Å². The van der Waals surface area contributed by atoms with Crippen LogP contribution < -0.4 is 10.2 Å². The molecule has 0 aliphatic rings. The minimum Gasteiger partial charge on any atom is -0.481 e. The number of hydrogen-bond acceptors (Lipinski definition) is 3. The van der Waals surface area contributed by atoms with Gasteiger partial charge in [-0.15, -0.1) is 0 Å². The molecule has 0 spiro atoms. The second kappa shape index (κ2) is 4.05. The van der Waals surface area contributed by atoms with Crippen LogP contribution in [0.5, 0.6) is 5.88 Å². The summed E-state index contributed by atoms with van der Waals surface area (Å²) in [7, 11) is 3.27. The van der Waals surface area contributed by atoms with Crippen LogP contribution in [0.1, 0.15) is 0 Å². The van der Waals surface area contributed by atoms with Crippen LogP contribution in [0.15, 0.2) is 35.1 Å². The Hall–Kier alpha value is -2.43. The molecule has 19 heavy (non-hydrogen) atoms. The highest BCUT2D eigenvalue weighted by Gasteiger charge is 2.11. The maximum atomic E-state index is 13.3. The Balaban J connectivity index is 2.56. The zero-order valence-electron chi connectivity index (χ0n) is 10.5. The topological polar surface area (TPSA) is 44.1 Å². The molecule has 0 bridgehead atoms. The van der Waals surface area contributed by atoms with E-state index in [0.29, 0.717) is 27.8 Å². The molecular weight excluding hydrogens is 247 g/mol.